The average molecular weight is 355 g/mol. The normalized spacial score (nSPS) is 19.0. The molecule has 3 N–H and O–H groups in total. The maximum Gasteiger partial charge on any atom is 0.188 e. The van der Waals surface area contributed by atoms with Crippen LogP contribution in [-0.2, 0) is 9.47 Å². The number of nitrogens with two attached hydrogens (primary N) is 1. The van der Waals surface area contributed by atoms with Crippen molar-refractivity contribution in [2.24, 2.45) is 10.7 Å². The van der Waals surface area contributed by atoms with Crippen molar-refractivity contribution in [3.63, 3.8) is 0 Å². The molecule has 1 fully saturated rings. The van der Waals surface area contributed by atoms with Crippen LogP contribution in [0.1, 0.15) is 18.5 Å². The number of nitrogens with one attached hydrogen (secondary N) is 1. The van der Waals surface area contributed by atoms with Crippen molar-refractivity contribution in [1.82, 2.24) is 10.2 Å². The molecule has 1 aliphatic heterocycles. The largest absolute Gasteiger partial charge is 0.383 e. The molecule has 0 spiro atoms. The monoisotopic (exact) mass is 354 g/mol. The number of aliphatic imine (C=N–C) groups is 1. The van der Waals surface area contributed by atoms with Gasteiger partial charge in [0.05, 0.1) is 32.4 Å². The summed E-state index contributed by atoms with van der Waals surface area (Å²) in [6, 6.07) is 8.18. The fourth-order valence-corrected chi connectivity index (χ4v) is 3.01. The lowest BCUT2D eigenvalue weighted by molar-refractivity contribution is 0.0180. The minimum Gasteiger partial charge on any atom is -0.383 e. The SMILES string of the molecule is COCC(C)NC(N)=NCC(c1cccc(Cl)c1)N1CCOCC1. The van der Waals surface area contributed by atoms with Crippen LogP contribution in [0.2, 0.25) is 5.02 Å². The molecule has 0 radical (unpaired) electrons. The number of methoxy groups -OCH3 is 1. The zero-order valence-electron chi connectivity index (χ0n) is 14.4. The van der Waals surface area contributed by atoms with Crippen molar-refractivity contribution >= 4 is 17.6 Å². The second kappa shape index (κ2) is 9.84. The number of ether oxygens (including phenoxy) is 2. The van der Waals surface area contributed by atoms with Gasteiger partial charge < -0.3 is 20.5 Å². The van der Waals surface area contributed by atoms with Crippen molar-refractivity contribution < 1.29 is 9.47 Å². The molecule has 2 atom stereocenters. The zero-order valence-corrected chi connectivity index (χ0v) is 15.1. The first-order valence-corrected chi connectivity index (χ1v) is 8.60. The first kappa shape index (κ1) is 19.0. The second-order valence-electron chi connectivity index (χ2n) is 5.95. The van der Waals surface area contributed by atoms with E-state index in [0.29, 0.717) is 19.1 Å². The molecule has 0 amide bonds. The van der Waals surface area contributed by atoms with E-state index in [1.165, 1.54) is 0 Å². The molecule has 2 rings (SSSR count). The van der Waals surface area contributed by atoms with E-state index in [2.05, 4.69) is 21.3 Å². The lowest BCUT2D eigenvalue weighted by Gasteiger charge is -2.34. The summed E-state index contributed by atoms with van der Waals surface area (Å²) in [6.45, 7) is 6.37. The van der Waals surface area contributed by atoms with E-state index in [9.17, 15) is 0 Å². The minimum atomic E-state index is 0.117. The Kier molecular flexibility index (Phi) is 7.78. The molecule has 2 unspecified atom stereocenters. The summed E-state index contributed by atoms with van der Waals surface area (Å²) in [5.41, 5.74) is 7.15. The summed E-state index contributed by atoms with van der Waals surface area (Å²) in [7, 11) is 1.67. The van der Waals surface area contributed by atoms with Gasteiger partial charge in [0.15, 0.2) is 5.96 Å². The maximum atomic E-state index is 6.16. The molecule has 6 nitrogen and oxygen atoms in total. The van der Waals surface area contributed by atoms with Gasteiger partial charge in [-0.15, -0.1) is 0 Å². The zero-order chi connectivity index (χ0) is 17.4. The predicted molar refractivity (Wildman–Crippen MR) is 97.5 cm³/mol. The van der Waals surface area contributed by atoms with Gasteiger partial charge in [-0.2, -0.15) is 0 Å². The van der Waals surface area contributed by atoms with E-state index >= 15 is 0 Å². The molecule has 1 heterocycles. The molecule has 0 bridgehead atoms. The first-order chi connectivity index (χ1) is 11.6. The van der Waals surface area contributed by atoms with Crippen LogP contribution in [0, 0.1) is 0 Å². The number of halogens is 1. The number of morpholine rings is 1. The van der Waals surface area contributed by atoms with E-state index in [4.69, 9.17) is 26.8 Å². The van der Waals surface area contributed by atoms with Gasteiger partial charge in [0.1, 0.15) is 0 Å². The molecule has 1 aromatic rings. The molecule has 7 heteroatoms. The Morgan fingerprint density at radius 1 is 1.46 bits per heavy atom. The lowest BCUT2D eigenvalue weighted by Crippen LogP contribution is -2.43. The maximum absolute atomic E-state index is 6.16. The Morgan fingerprint density at radius 3 is 2.88 bits per heavy atom. The summed E-state index contributed by atoms with van der Waals surface area (Å²) < 4.78 is 10.6. The van der Waals surface area contributed by atoms with Gasteiger partial charge in [0.2, 0.25) is 0 Å². The highest BCUT2D eigenvalue weighted by Gasteiger charge is 2.22. The molecule has 1 aliphatic rings. The Labute approximate surface area is 149 Å². The number of hydrogen-bond donors (Lipinski definition) is 2. The number of benzene rings is 1. The molecule has 1 saturated heterocycles. The summed E-state index contributed by atoms with van der Waals surface area (Å²) in [4.78, 5) is 6.90. The molecule has 0 saturated carbocycles. The van der Waals surface area contributed by atoms with E-state index in [0.717, 1.165) is 36.9 Å². The average Bonchev–Trinajstić information content (AvgIpc) is 2.56. The highest BCUT2D eigenvalue weighted by Crippen LogP contribution is 2.24. The first-order valence-electron chi connectivity index (χ1n) is 8.22. The third-order valence-electron chi connectivity index (χ3n) is 3.97. The number of rotatable bonds is 7. The predicted octanol–water partition coefficient (Wildman–Crippen LogP) is 1.65. The van der Waals surface area contributed by atoms with Crippen LogP contribution in [0.25, 0.3) is 0 Å². The van der Waals surface area contributed by atoms with Crippen LogP contribution >= 0.6 is 11.6 Å². The number of nitrogens with zero attached hydrogens (tertiary/aromatic N) is 2. The van der Waals surface area contributed by atoms with Crippen LogP contribution in [0.3, 0.4) is 0 Å². The van der Waals surface area contributed by atoms with Crippen LogP contribution in [0.15, 0.2) is 29.3 Å². The second-order valence-corrected chi connectivity index (χ2v) is 6.38. The summed E-state index contributed by atoms with van der Waals surface area (Å²) in [5, 5.41) is 3.87. The quantitative estimate of drug-likeness (QED) is 0.575. The number of hydrogen-bond acceptors (Lipinski definition) is 4. The highest BCUT2D eigenvalue weighted by molar-refractivity contribution is 6.30. The molecular weight excluding hydrogens is 328 g/mol. The van der Waals surface area contributed by atoms with Crippen molar-refractivity contribution in [3.05, 3.63) is 34.9 Å². The molecule has 134 valence electrons. The summed E-state index contributed by atoms with van der Waals surface area (Å²) in [5.74, 6) is 0.430. The van der Waals surface area contributed by atoms with Crippen LogP contribution < -0.4 is 11.1 Å². The Morgan fingerprint density at radius 2 is 2.21 bits per heavy atom. The van der Waals surface area contributed by atoms with Gasteiger partial charge in [0, 0.05) is 31.3 Å². The summed E-state index contributed by atoms with van der Waals surface area (Å²) in [6.07, 6.45) is 0. The third-order valence-corrected chi connectivity index (χ3v) is 4.20. The van der Waals surface area contributed by atoms with Crippen LogP contribution in [0.4, 0.5) is 0 Å². The Balaban J connectivity index is 2.08. The fraction of sp³-hybridized carbons (Fsp3) is 0.588. The molecule has 24 heavy (non-hydrogen) atoms. The van der Waals surface area contributed by atoms with Crippen molar-refractivity contribution in [2.45, 2.75) is 19.0 Å². The third kappa shape index (κ3) is 5.94. The molecule has 0 aliphatic carbocycles. The van der Waals surface area contributed by atoms with Crippen molar-refractivity contribution in [1.29, 1.82) is 0 Å². The molecular formula is C17H27ClN4O2. The van der Waals surface area contributed by atoms with E-state index < -0.39 is 0 Å². The fourth-order valence-electron chi connectivity index (χ4n) is 2.81. The van der Waals surface area contributed by atoms with Crippen LogP contribution in [-0.4, -0.2) is 63.5 Å². The van der Waals surface area contributed by atoms with Gasteiger partial charge in [0.25, 0.3) is 0 Å². The standard InChI is InChI=1S/C17H27ClN4O2/c1-13(12-23-2)21-17(19)20-11-16(22-6-8-24-9-7-22)14-4-3-5-15(18)10-14/h3-5,10,13,16H,6-9,11-12H2,1-2H3,(H3,19,20,21). The highest BCUT2D eigenvalue weighted by atomic mass is 35.5. The Hall–Kier alpha value is -1.34. The lowest BCUT2D eigenvalue weighted by atomic mass is 10.0. The van der Waals surface area contributed by atoms with E-state index in [1.807, 2.05) is 25.1 Å². The van der Waals surface area contributed by atoms with E-state index in [-0.39, 0.29) is 12.1 Å². The molecule has 1 aromatic carbocycles. The van der Waals surface area contributed by atoms with Gasteiger partial charge in [-0.3, -0.25) is 9.89 Å². The molecule has 0 aromatic heterocycles. The van der Waals surface area contributed by atoms with Crippen molar-refractivity contribution in [2.75, 3.05) is 46.6 Å². The Bertz CT molecular complexity index is 535. The van der Waals surface area contributed by atoms with E-state index in [1.54, 1.807) is 7.11 Å². The van der Waals surface area contributed by atoms with Gasteiger partial charge in [-0.05, 0) is 24.6 Å². The van der Waals surface area contributed by atoms with Crippen LogP contribution in [0.5, 0.6) is 0 Å². The number of guanidine groups is 1. The minimum absolute atomic E-state index is 0.117. The smallest absolute Gasteiger partial charge is 0.188 e. The van der Waals surface area contributed by atoms with Gasteiger partial charge >= 0.3 is 0 Å². The van der Waals surface area contributed by atoms with Crippen molar-refractivity contribution in [3.8, 4) is 0 Å². The van der Waals surface area contributed by atoms with Gasteiger partial charge in [-0.25, -0.2) is 0 Å². The topological polar surface area (TPSA) is 72.1 Å². The van der Waals surface area contributed by atoms with Gasteiger partial charge in [-0.1, -0.05) is 23.7 Å². The summed E-state index contributed by atoms with van der Waals surface area (Å²) >= 11 is 6.16.